The smallest absolute Gasteiger partial charge is 0.269 e. The Hall–Kier alpha value is -2.58. The highest BCUT2D eigenvalue weighted by Crippen LogP contribution is 2.22. The molecule has 3 rings (SSSR count). The molecule has 0 saturated heterocycles. The van der Waals surface area contributed by atoms with Crippen molar-refractivity contribution in [2.75, 3.05) is 0 Å². The normalized spacial score (nSPS) is 10.6. The third-order valence-electron chi connectivity index (χ3n) is 2.93. The van der Waals surface area contributed by atoms with Gasteiger partial charge in [0.1, 0.15) is 15.7 Å². The molecule has 0 radical (unpaired) electrons. The summed E-state index contributed by atoms with van der Waals surface area (Å²) in [5, 5.41) is 27.7. The molecule has 0 bridgehead atoms. The van der Waals surface area contributed by atoms with Crippen LogP contribution in [0.5, 0.6) is 0 Å². The molecule has 22 heavy (non-hydrogen) atoms. The summed E-state index contributed by atoms with van der Waals surface area (Å²) in [5.41, 5.74) is 1.73. The summed E-state index contributed by atoms with van der Waals surface area (Å²) in [6, 6.07) is 11.2. The zero-order valence-electron chi connectivity index (χ0n) is 11.5. The molecule has 0 aliphatic carbocycles. The molecule has 8 heteroatoms. The Morgan fingerprint density at radius 3 is 2.82 bits per heavy atom. The topological polar surface area (TPSA) is 104 Å². The molecular weight excluding hydrogens is 302 g/mol. The van der Waals surface area contributed by atoms with Gasteiger partial charge in [-0.25, -0.2) is 0 Å². The van der Waals surface area contributed by atoms with Crippen molar-refractivity contribution in [2.24, 2.45) is 0 Å². The van der Waals surface area contributed by atoms with Crippen LogP contribution in [0.3, 0.4) is 0 Å². The maximum absolute atomic E-state index is 11.9. The number of aromatic nitrogens is 4. The van der Waals surface area contributed by atoms with Crippen molar-refractivity contribution in [3.8, 4) is 10.6 Å². The van der Waals surface area contributed by atoms with Crippen LogP contribution in [-0.2, 0) is 13.2 Å². The second kappa shape index (κ2) is 6.46. The lowest BCUT2D eigenvalue weighted by Gasteiger charge is -1.99. The van der Waals surface area contributed by atoms with Crippen LogP contribution in [0.2, 0.25) is 0 Å². The van der Waals surface area contributed by atoms with E-state index in [-0.39, 0.29) is 19.1 Å². The summed E-state index contributed by atoms with van der Waals surface area (Å²) in [6.07, 6.45) is 0. The summed E-state index contributed by atoms with van der Waals surface area (Å²) in [7, 11) is 0. The van der Waals surface area contributed by atoms with Gasteiger partial charge >= 0.3 is 0 Å². The van der Waals surface area contributed by atoms with Crippen molar-refractivity contribution < 1.29 is 9.90 Å². The van der Waals surface area contributed by atoms with Gasteiger partial charge < -0.3 is 10.4 Å². The van der Waals surface area contributed by atoms with E-state index in [0.29, 0.717) is 16.4 Å². The molecule has 3 N–H and O–H groups in total. The highest BCUT2D eigenvalue weighted by atomic mass is 32.1. The van der Waals surface area contributed by atoms with Crippen LogP contribution in [0, 0.1) is 0 Å². The fourth-order valence-corrected chi connectivity index (χ4v) is 2.62. The molecule has 0 fully saturated rings. The van der Waals surface area contributed by atoms with E-state index in [4.69, 9.17) is 5.11 Å². The van der Waals surface area contributed by atoms with Gasteiger partial charge in [-0.05, 0) is 6.07 Å². The number of amides is 1. The Balaban J connectivity index is 1.62. The second-order valence-corrected chi connectivity index (χ2v) is 5.54. The fourth-order valence-electron chi connectivity index (χ4n) is 1.83. The second-order valence-electron chi connectivity index (χ2n) is 4.48. The Morgan fingerprint density at radius 2 is 2.09 bits per heavy atom. The van der Waals surface area contributed by atoms with Crippen LogP contribution >= 0.6 is 11.3 Å². The molecular formula is C14H13N5O2S. The fraction of sp³-hybridized carbons (Fsp3) is 0.143. The van der Waals surface area contributed by atoms with Gasteiger partial charge in [-0.1, -0.05) is 41.7 Å². The van der Waals surface area contributed by atoms with E-state index in [1.165, 1.54) is 17.4 Å². The first-order chi connectivity index (χ1) is 10.8. The summed E-state index contributed by atoms with van der Waals surface area (Å²) >= 11 is 1.43. The van der Waals surface area contributed by atoms with Gasteiger partial charge in [0.2, 0.25) is 0 Å². The molecule has 0 aliphatic heterocycles. The van der Waals surface area contributed by atoms with Crippen LogP contribution in [0.4, 0.5) is 0 Å². The van der Waals surface area contributed by atoms with Gasteiger partial charge in [0, 0.05) is 5.56 Å². The molecule has 0 atom stereocenters. The quantitative estimate of drug-likeness (QED) is 0.659. The van der Waals surface area contributed by atoms with Gasteiger partial charge in [-0.2, -0.15) is 5.10 Å². The average Bonchev–Trinajstić information content (AvgIpc) is 3.22. The van der Waals surface area contributed by atoms with Crippen LogP contribution < -0.4 is 5.32 Å². The molecule has 0 spiro atoms. The molecule has 0 aliphatic rings. The first-order valence-corrected chi connectivity index (χ1v) is 7.39. The monoisotopic (exact) mass is 315 g/mol. The van der Waals surface area contributed by atoms with E-state index in [1.54, 1.807) is 0 Å². The number of hydrogen-bond acceptors (Lipinski definition) is 6. The molecule has 7 nitrogen and oxygen atoms in total. The minimum atomic E-state index is -0.302. The van der Waals surface area contributed by atoms with E-state index < -0.39 is 0 Å². The van der Waals surface area contributed by atoms with Crippen LogP contribution in [0.1, 0.15) is 21.2 Å². The van der Waals surface area contributed by atoms with E-state index in [2.05, 4.69) is 25.7 Å². The van der Waals surface area contributed by atoms with Crippen molar-refractivity contribution >= 4 is 17.2 Å². The van der Waals surface area contributed by atoms with Crippen LogP contribution in [0.15, 0.2) is 36.4 Å². The van der Waals surface area contributed by atoms with Crippen molar-refractivity contribution in [1.82, 2.24) is 25.7 Å². The molecule has 0 saturated carbocycles. The first kappa shape index (κ1) is 14.4. The number of nitrogens with zero attached hydrogens (tertiary/aromatic N) is 3. The van der Waals surface area contributed by atoms with Crippen LogP contribution in [-0.4, -0.2) is 31.4 Å². The zero-order valence-corrected chi connectivity index (χ0v) is 12.3. The third-order valence-corrected chi connectivity index (χ3v) is 3.90. The number of carbonyl (C=O) groups is 1. The number of benzene rings is 1. The Labute approximate surface area is 130 Å². The minimum absolute atomic E-state index is 0.208. The SMILES string of the molecule is O=C(NCc1nnc(-c2ccccc2)s1)c1cc(CO)n[nH]1. The van der Waals surface area contributed by atoms with E-state index in [9.17, 15) is 4.79 Å². The van der Waals surface area contributed by atoms with Crippen molar-refractivity contribution in [3.05, 3.63) is 52.8 Å². The molecule has 1 aromatic carbocycles. The lowest BCUT2D eigenvalue weighted by Crippen LogP contribution is -2.23. The van der Waals surface area contributed by atoms with E-state index in [0.717, 1.165) is 10.6 Å². The lowest BCUT2D eigenvalue weighted by atomic mass is 10.2. The number of aliphatic hydroxyl groups excluding tert-OH is 1. The predicted molar refractivity (Wildman–Crippen MR) is 81.0 cm³/mol. The number of aliphatic hydroxyl groups is 1. The standard InChI is InChI=1S/C14H13N5O2S/c20-8-10-6-11(17-16-10)13(21)15-7-12-18-19-14(22-12)9-4-2-1-3-5-9/h1-6,20H,7-8H2,(H,15,21)(H,16,17). The number of rotatable bonds is 5. The Kier molecular flexibility index (Phi) is 4.22. The number of carbonyl (C=O) groups excluding carboxylic acids is 1. The van der Waals surface area contributed by atoms with Gasteiger partial charge in [0.05, 0.1) is 18.8 Å². The first-order valence-electron chi connectivity index (χ1n) is 6.57. The predicted octanol–water partition coefficient (Wildman–Crippen LogP) is 1.35. The summed E-state index contributed by atoms with van der Waals surface area (Å²) in [6.45, 7) is 0.0808. The third kappa shape index (κ3) is 3.18. The number of hydrogen-bond donors (Lipinski definition) is 3. The van der Waals surface area contributed by atoms with Gasteiger partial charge in [0.15, 0.2) is 0 Å². The number of H-pyrrole nitrogens is 1. The summed E-state index contributed by atoms with van der Waals surface area (Å²) in [5.74, 6) is -0.302. The van der Waals surface area contributed by atoms with Crippen molar-refractivity contribution in [2.45, 2.75) is 13.2 Å². The van der Waals surface area contributed by atoms with E-state index >= 15 is 0 Å². The summed E-state index contributed by atoms with van der Waals surface area (Å²) in [4.78, 5) is 11.9. The molecule has 2 heterocycles. The highest BCUT2D eigenvalue weighted by molar-refractivity contribution is 7.14. The lowest BCUT2D eigenvalue weighted by molar-refractivity contribution is 0.0946. The van der Waals surface area contributed by atoms with Crippen molar-refractivity contribution in [3.63, 3.8) is 0 Å². The van der Waals surface area contributed by atoms with Crippen molar-refractivity contribution in [1.29, 1.82) is 0 Å². The maximum Gasteiger partial charge on any atom is 0.269 e. The molecule has 3 aromatic rings. The van der Waals surface area contributed by atoms with E-state index in [1.807, 2.05) is 30.3 Å². The maximum atomic E-state index is 11.9. The number of nitrogens with one attached hydrogen (secondary N) is 2. The average molecular weight is 315 g/mol. The molecule has 1 amide bonds. The molecule has 0 unspecified atom stereocenters. The Morgan fingerprint density at radius 1 is 1.27 bits per heavy atom. The Bertz CT molecular complexity index is 768. The number of aromatic amines is 1. The van der Waals surface area contributed by atoms with Crippen LogP contribution in [0.25, 0.3) is 10.6 Å². The highest BCUT2D eigenvalue weighted by Gasteiger charge is 2.11. The van der Waals surface area contributed by atoms with Gasteiger partial charge in [0.25, 0.3) is 5.91 Å². The minimum Gasteiger partial charge on any atom is -0.390 e. The summed E-state index contributed by atoms with van der Waals surface area (Å²) < 4.78 is 0. The van der Waals surface area contributed by atoms with Gasteiger partial charge in [-0.3, -0.25) is 9.89 Å². The molecule has 2 aromatic heterocycles. The molecule has 112 valence electrons. The van der Waals surface area contributed by atoms with Gasteiger partial charge in [-0.15, -0.1) is 10.2 Å². The largest absolute Gasteiger partial charge is 0.390 e. The zero-order chi connectivity index (χ0) is 15.4.